The summed E-state index contributed by atoms with van der Waals surface area (Å²) in [5.41, 5.74) is 0. The molecular weight excluding hydrogens is 176 g/mol. The minimum atomic E-state index is 0.767. The molecular formula is C8H9Br. The van der Waals surface area contributed by atoms with Gasteiger partial charge in [-0.2, -0.15) is 0 Å². The summed E-state index contributed by atoms with van der Waals surface area (Å²) in [5, 5.41) is 0.767. The van der Waals surface area contributed by atoms with Crippen molar-refractivity contribution in [3.8, 4) is 24.2 Å². The van der Waals surface area contributed by atoms with E-state index in [1.165, 1.54) is 0 Å². The Hall–Kier alpha value is -0.400. The van der Waals surface area contributed by atoms with Crippen molar-refractivity contribution in [1.82, 2.24) is 0 Å². The Bertz CT molecular complexity index is 142. The van der Waals surface area contributed by atoms with Crippen LogP contribution in [0.2, 0.25) is 0 Å². The molecule has 0 amide bonds. The zero-order valence-corrected chi connectivity index (χ0v) is 6.87. The number of terminal acetylenes is 1. The molecule has 0 heterocycles. The molecule has 0 saturated heterocycles. The molecule has 0 aromatic rings. The smallest absolute Gasteiger partial charge is 0.0645 e. The van der Waals surface area contributed by atoms with Crippen LogP contribution in [0.15, 0.2) is 0 Å². The van der Waals surface area contributed by atoms with E-state index in [1.807, 2.05) is 0 Å². The van der Waals surface area contributed by atoms with Crippen LogP contribution in [-0.4, -0.2) is 5.33 Å². The lowest BCUT2D eigenvalue weighted by atomic mass is 10.2. The van der Waals surface area contributed by atoms with Crippen LogP contribution >= 0.6 is 15.9 Å². The molecule has 9 heavy (non-hydrogen) atoms. The first-order valence-corrected chi connectivity index (χ1v) is 3.99. The Kier molecular flexibility index (Phi) is 7.26. The summed E-state index contributed by atoms with van der Waals surface area (Å²) in [4.78, 5) is 0. The van der Waals surface area contributed by atoms with Crippen molar-refractivity contribution in [1.29, 1.82) is 0 Å². The minimum absolute atomic E-state index is 0.767. The third-order valence-electron chi connectivity index (χ3n) is 0.815. The highest BCUT2D eigenvalue weighted by molar-refractivity contribution is 9.09. The van der Waals surface area contributed by atoms with E-state index < -0.39 is 0 Å². The van der Waals surface area contributed by atoms with Gasteiger partial charge in [-0.15, -0.1) is 18.3 Å². The van der Waals surface area contributed by atoms with Crippen LogP contribution in [0.4, 0.5) is 0 Å². The molecule has 0 aromatic carbocycles. The zero-order valence-electron chi connectivity index (χ0n) is 5.28. The van der Waals surface area contributed by atoms with E-state index in [1.54, 1.807) is 0 Å². The fourth-order valence-electron chi connectivity index (χ4n) is 0.414. The summed E-state index contributed by atoms with van der Waals surface area (Å²) >= 11 is 3.20. The van der Waals surface area contributed by atoms with Crippen molar-refractivity contribution in [2.75, 3.05) is 5.33 Å². The molecule has 0 aromatic heterocycles. The molecule has 1 heteroatoms. The molecule has 0 rings (SSSR count). The number of hydrogen-bond donors (Lipinski definition) is 0. The second kappa shape index (κ2) is 7.60. The zero-order chi connectivity index (χ0) is 6.95. The van der Waals surface area contributed by atoms with Crippen LogP contribution in [0.5, 0.6) is 0 Å². The number of rotatable bonds is 2. The maximum atomic E-state index is 5.04. The van der Waals surface area contributed by atoms with Crippen LogP contribution in [0.3, 0.4) is 0 Å². The van der Waals surface area contributed by atoms with E-state index in [0.717, 1.165) is 24.6 Å². The highest BCUT2D eigenvalue weighted by Gasteiger charge is 1.76. The number of unbranched alkanes of at least 4 members (excludes halogenated alkanes) is 2. The Morgan fingerprint density at radius 2 is 2.00 bits per heavy atom. The second-order valence-electron chi connectivity index (χ2n) is 1.54. The monoisotopic (exact) mass is 184 g/mol. The standard InChI is InChI=1S/C8H9Br/c1-2-3-4-5-6-7-8-9/h1H,3-5,8H2. The molecule has 0 bridgehead atoms. The van der Waals surface area contributed by atoms with Gasteiger partial charge < -0.3 is 0 Å². The topological polar surface area (TPSA) is 0 Å². The normalized spacial score (nSPS) is 7.11. The first-order valence-electron chi connectivity index (χ1n) is 2.87. The van der Waals surface area contributed by atoms with Crippen LogP contribution in [-0.2, 0) is 0 Å². The Morgan fingerprint density at radius 3 is 2.56 bits per heavy atom. The third-order valence-corrected chi connectivity index (χ3v) is 1.10. The second-order valence-corrected chi connectivity index (χ2v) is 2.11. The van der Waals surface area contributed by atoms with E-state index >= 15 is 0 Å². The fraction of sp³-hybridized carbons (Fsp3) is 0.500. The molecule has 0 aliphatic rings. The van der Waals surface area contributed by atoms with Crippen LogP contribution < -0.4 is 0 Å². The number of alkyl halides is 1. The molecule has 0 unspecified atom stereocenters. The van der Waals surface area contributed by atoms with Crippen molar-refractivity contribution in [3.63, 3.8) is 0 Å². The van der Waals surface area contributed by atoms with Crippen molar-refractivity contribution in [2.45, 2.75) is 19.3 Å². The SMILES string of the molecule is C#CCCCC#CCBr. The average molecular weight is 185 g/mol. The van der Waals surface area contributed by atoms with Crippen molar-refractivity contribution < 1.29 is 0 Å². The molecule has 0 aliphatic heterocycles. The van der Waals surface area contributed by atoms with Gasteiger partial charge in [-0.05, 0) is 6.42 Å². The van der Waals surface area contributed by atoms with E-state index in [2.05, 4.69) is 33.7 Å². The summed E-state index contributed by atoms with van der Waals surface area (Å²) in [6, 6.07) is 0. The van der Waals surface area contributed by atoms with Crippen LogP contribution in [0.25, 0.3) is 0 Å². The molecule has 0 spiro atoms. The molecule has 0 atom stereocenters. The van der Waals surface area contributed by atoms with Gasteiger partial charge in [0.15, 0.2) is 0 Å². The quantitative estimate of drug-likeness (QED) is 0.351. The van der Waals surface area contributed by atoms with Crippen LogP contribution in [0.1, 0.15) is 19.3 Å². The maximum Gasteiger partial charge on any atom is 0.0645 e. The summed E-state index contributed by atoms with van der Waals surface area (Å²) in [6.45, 7) is 0. The maximum absolute atomic E-state index is 5.04. The first kappa shape index (κ1) is 8.60. The van der Waals surface area contributed by atoms with Gasteiger partial charge in [0.25, 0.3) is 0 Å². The number of hydrogen-bond acceptors (Lipinski definition) is 0. The van der Waals surface area contributed by atoms with Gasteiger partial charge in [0, 0.05) is 12.8 Å². The van der Waals surface area contributed by atoms with E-state index in [9.17, 15) is 0 Å². The van der Waals surface area contributed by atoms with Crippen LogP contribution in [0, 0.1) is 24.2 Å². The lowest BCUT2D eigenvalue weighted by Crippen LogP contribution is -1.69. The van der Waals surface area contributed by atoms with Crippen molar-refractivity contribution in [3.05, 3.63) is 0 Å². The van der Waals surface area contributed by atoms with Gasteiger partial charge in [-0.1, -0.05) is 21.9 Å². The van der Waals surface area contributed by atoms with Crippen molar-refractivity contribution >= 4 is 15.9 Å². The van der Waals surface area contributed by atoms with Gasteiger partial charge in [0.05, 0.1) is 5.33 Å². The lowest BCUT2D eigenvalue weighted by molar-refractivity contribution is 0.904. The van der Waals surface area contributed by atoms with Gasteiger partial charge in [0.2, 0.25) is 0 Å². The van der Waals surface area contributed by atoms with E-state index in [4.69, 9.17) is 6.42 Å². The molecule has 0 N–H and O–H groups in total. The predicted molar refractivity (Wildman–Crippen MR) is 44.3 cm³/mol. The van der Waals surface area contributed by atoms with E-state index in [-0.39, 0.29) is 0 Å². The Labute approximate surface area is 65.2 Å². The Balaban J connectivity index is 3.01. The minimum Gasteiger partial charge on any atom is -0.120 e. The van der Waals surface area contributed by atoms with Gasteiger partial charge in [0.1, 0.15) is 0 Å². The molecule has 0 saturated carbocycles. The summed E-state index contributed by atoms with van der Waals surface area (Å²) in [6.07, 6.45) is 7.83. The van der Waals surface area contributed by atoms with Gasteiger partial charge in [-0.25, -0.2) is 0 Å². The van der Waals surface area contributed by atoms with Gasteiger partial charge in [-0.3, -0.25) is 0 Å². The first-order chi connectivity index (χ1) is 4.41. The van der Waals surface area contributed by atoms with Gasteiger partial charge >= 0.3 is 0 Å². The predicted octanol–water partition coefficient (Wildman–Crippen LogP) is 2.19. The Morgan fingerprint density at radius 1 is 1.22 bits per heavy atom. The largest absolute Gasteiger partial charge is 0.120 e. The summed E-state index contributed by atoms with van der Waals surface area (Å²) in [5.74, 6) is 8.45. The van der Waals surface area contributed by atoms with E-state index in [0.29, 0.717) is 0 Å². The highest BCUT2D eigenvalue weighted by atomic mass is 79.9. The fourth-order valence-corrected chi connectivity index (χ4v) is 0.613. The molecule has 48 valence electrons. The molecule has 0 radical (unpaired) electrons. The average Bonchev–Trinajstić information content (AvgIpc) is 1.89. The molecule has 0 nitrogen and oxygen atoms in total. The van der Waals surface area contributed by atoms with Crippen molar-refractivity contribution in [2.24, 2.45) is 0 Å². The number of halogens is 1. The summed E-state index contributed by atoms with van der Waals surface area (Å²) in [7, 11) is 0. The molecule has 0 fully saturated rings. The summed E-state index contributed by atoms with van der Waals surface area (Å²) < 4.78 is 0. The molecule has 0 aliphatic carbocycles. The highest BCUT2D eigenvalue weighted by Crippen LogP contribution is 1.90. The lowest BCUT2D eigenvalue weighted by Gasteiger charge is -1.81. The third kappa shape index (κ3) is 7.60.